The highest BCUT2D eigenvalue weighted by molar-refractivity contribution is 5.84. The zero-order chi connectivity index (χ0) is 19.1. The number of aromatic hydroxyl groups is 1. The Hall–Kier alpha value is -3.09. The van der Waals surface area contributed by atoms with Crippen molar-refractivity contribution in [3.63, 3.8) is 0 Å². The quantitative estimate of drug-likeness (QED) is 0.432. The summed E-state index contributed by atoms with van der Waals surface area (Å²) in [5.74, 6) is 1.26. The largest absolute Gasteiger partial charge is 0.507 e. The van der Waals surface area contributed by atoms with E-state index < -0.39 is 4.92 Å². The van der Waals surface area contributed by atoms with Gasteiger partial charge in [-0.25, -0.2) is 0 Å². The molecule has 138 valence electrons. The molecule has 2 rings (SSSR count). The Morgan fingerprint density at radius 1 is 1.15 bits per heavy atom. The van der Waals surface area contributed by atoms with Gasteiger partial charge in [-0.05, 0) is 44.5 Å². The number of nitrogens with zero attached hydrogens (tertiary/aromatic N) is 2. The van der Waals surface area contributed by atoms with Gasteiger partial charge in [-0.1, -0.05) is 6.07 Å². The zero-order valence-corrected chi connectivity index (χ0v) is 15.0. The van der Waals surface area contributed by atoms with E-state index in [1.165, 1.54) is 24.4 Å². The van der Waals surface area contributed by atoms with Crippen molar-refractivity contribution >= 4 is 11.9 Å². The summed E-state index contributed by atoms with van der Waals surface area (Å²) in [6, 6.07) is 9.18. The van der Waals surface area contributed by atoms with Crippen LogP contribution in [-0.2, 0) is 0 Å². The van der Waals surface area contributed by atoms with E-state index in [1.807, 2.05) is 39.0 Å². The number of ether oxygens (including phenoxy) is 2. The number of non-ortho nitro benzene ring substituents is 1. The third kappa shape index (κ3) is 4.72. The molecule has 2 aromatic carbocycles. The van der Waals surface area contributed by atoms with Gasteiger partial charge in [0, 0.05) is 23.9 Å². The van der Waals surface area contributed by atoms with E-state index in [-0.39, 0.29) is 17.5 Å². The van der Waals surface area contributed by atoms with Crippen LogP contribution in [0.3, 0.4) is 0 Å². The number of hydrogen-bond donors (Lipinski definition) is 1. The molecule has 26 heavy (non-hydrogen) atoms. The smallest absolute Gasteiger partial charge is 0.270 e. The summed E-state index contributed by atoms with van der Waals surface area (Å²) in [6.07, 6.45) is 1.43. The van der Waals surface area contributed by atoms with Crippen molar-refractivity contribution in [2.75, 3.05) is 13.2 Å². The maximum atomic E-state index is 10.9. The normalized spacial score (nSPS) is 12.1. The lowest BCUT2D eigenvalue weighted by molar-refractivity contribution is -0.384. The fourth-order valence-corrected chi connectivity index (χ4v) is 2.36. The number of aliphatic imine (C=N–C) groups is 1. The minimum absolute atomic E-state index is 0.0618. The highest BCUT2D eigenvalue weighted by atomic mass is 16.6. The van der Waals surface area contributed by atoms with Crippen LogP contribution >= 0.6 is 0 Å². The SMILES string of the molecule is CCOc1ccc([C@H](C)N=Cc2cc([N+](=O)[O-])ccc2O)cc1OCC. The van der Waals surface area contributed by atoms with Crippen LogP contribution < -0.4 is 9.47 Å². The molecule has 7 nitrogen and oxygen atoms in total. The standard InChI is InChI=1S/C19H22N2O5/c1-4-25-18-9-6-14(11-19(18)26-5-2)13(3)20-12-15-10-16(21(23)24)7-8-17(15)22/h6-13,22H,4-5H2,1-3H3/t13-/m0/s1. The molecular formula is C19H22N2O5. The number of phenols is 1. The molecule has 1 atom stereocenters. The topological polar surface area (TPSA) is 94.2 Å². The van der Waals surface area contributed by atoms with Gasteiger partial charge in [-0.2, -0.15) is 0 Å². The predicted octanol–water partition coefficient (Wildman–Crippen LogP) is 4.28. The summed E-state index contributed by atoms with van der Waals surface area (Å²) in [7, 11) is 0. The molecule has 0 spiro atoms. The second-order valence-electron chi connectivity index (χ2n) is 5.53. The first kappa shape index (κ1) is 19.2. The molecule has 0 aliphatic rings. The molecule has 0 aromatic heterocycles. The van der Waals surface area contributed by atoms with Crippen molar-refractivity contribution in [1.29, 1.82) is 0 Å². The van der Waals surface area contributed by atoms with Gasteiger partial charge in [0.05, 0.1) is 24.2 Å². The lowest BCUT2D eigenvalue weighted by Crippen LogP contribution is -2.00. The molecule has 2 aromatic rings. The minimum Gasteiger partial charge on any atom is -0.507 e. The number of rotatable bonds is 8. The van der Waals surface area contributed by atoms with Crippen LogP contribution in [0, 0.1) is 10.1 Å². The van der Waals surface area contributed by atoms with E-state index in [1.54, 1.807) is 0 Å². The summed E-state index contributed by atoms with van der Waals surface area (Å²) >= 11 is 0. The monoisotopic (exact) mass is 358 g/mol. The van der Waals surface area contributed by atoms with Crippen molar-refractivity contribution in [3.05, 3.63) is 57.6 Å². The van der Waals surface area contributed by atoms with E-state index in [2.05, 4.69) is 4.99 Å². The Balaban J connectivity index is 2.25. The molecule has 0 bridgehead atoms. The Morgan fingerprint density at radius 2 is 1.85 bits per heavy atom. The Bertz CT molecular complexity index is 805. The number of nitro groups is 1. The third-order valence-electron chi connectivity index (χ3n) is 3.71. The van der Waals surface area contributed by atoms with E-state index in [0.29, 0.717) is 30.3 Å². The Kier molecular flexibility index (Phi) is 6.54. The van der Waals surface area contributed by atoms with E-state index in [9.17, 15) is 15.2 Å². The van der Waals surface area contributed by atoms with Gasteiger partial charge >= 0.3 is 0 Å². The molecule has 0 unspecified atom stereocenters. The van der Waals surface area contributed by atoms with Crippen LogP contribution in [0.25, 0.3) is 0 Å². The van der Waals surface area contributed by atoms with Gasteiger partial charge in [0.15, 0.2) is 11.5 Å². The maximum Gasteiger partial charge on any atom is 0.270 e. The number of nitro benzene ring substituents is 1. The van der Waals surface area contributed by atoms with Crippen LogP contribution in [-0.4, -0.2) is 29.5 Å². The van der Waals surface area contributed by atoms with Crippen LogP contribution in [0.2, 0.25) is 0 Å². The van der Waals surface area contributed by atoms with Crippen molar-refractivity contribution < 1.29 is 19.5 Å². The van der Waals surface area contributed by atoms with Crippen molar-refractivity contribution in [2.45, 2.75) is 26.8 Å². The molecule has 0 amide bonds. The molecule has 0 radical (unpaired) electrons. The van der Waals surface area contributed by atoms with Gasteiger partial charge in [0.2, 0.25) is 0 Å². The van der Waals surface area contributed by atoms with Crippen LogP contribution in [0.1, 0.15) is 37.9 Å². The highest BCUT2D eigenvalue weighted by Gasteiger charge is 2.12. The summed E-state index contributed by atoms with van der Waals surface area (Å²) in [6.45, 7) is 6.75. The molecule has 7 heteroatoms. The molecule has 0 heterocycles. The lowest BCUT2D eigenvalue weighted by Gasteiger charge is -2.14. The van der Waals surface area contributed by atoms with Gasteiger partial charge in [-0.15, -0.1) is 0 Å². The summed E-state index contributed by atoms with van der Waals surface area (Å²) < 4.78 is 11.2. The van der Waals surface area contributed by atoms with E-state index in [0.717, 1.165) is 5.56 Å². The second kappa shape index (κ2) is 8.84. The highest BCUT2D eigenvalue weighted by Crippen LogP contribution is 2.32. The van der Waals surface area contributed by atoms with E-state index in [4.69, 9.17) is 9.47 Å². The summed E-state index contributed by atoms with van der Waals surface area (Å²) in [4.78, 5) is 14.7. The fourth-order valence-electron chi connectivity index (χ4n) is 2.36. The minimum atomic E-state index is -0.513. The number of phenolic OH excluding ortho intramolecular Hbond substituents is 1. The average molecular weight is 358 g/mol. The first-order valence-electron chi connectivity index (χ1n) is 8.36. The number of benzene rings is 2. The van der Waals surface area contributed by atoms with Crippen molar-refractivity contribution in [2.24, 2.45) is 4.99 Å². The van der Waals surface area contributed by atoms with Gasteiger partial charge in [0.25, 0.3) is 5.69 Å². The fraction of sp³-hybridized carbons (Fsp3) is 0.316. The summed E-state index contributed by atoms with van der Waals surface area (Å²) in [5, 5.41) is 20.7. The molecule has 0 saturated carbocycles. The molecule has 0 saturated heterocycles. The Morgan fingerprint density at radius 3 is 2.50 bits per heavy atom. The van der Waals surface area contributed by atoms with Crippen LogP contribution in [0.5, 0.6) is 17.2 Å². The molecule has 0 fully saturated rings. The van der Waals surface area contributed by atoms with E-state index >= 15 is 0 Å². The van der Waals surface area contributed by atoms with Crippen molar-refractivity contribution in [1.82, 2.24) is 0 Å². The average Bonchev–Trinajstić information content (AvgIpc) is 2.62. The second-order valence-corrected chi connectivity index (χ2v) is 5.53. The third-order valence-corrected chi connectivity index (χ3v) is 3.71. The van der Waals surface area contributed by atoms with Crippen molar-refractivity contribution in [3.8, 4) is 17.2 Å². The van der Waals surface area contributed by atoms with Crippen LogP contribution in [0.4, 0.5) is 5.69 Å². The zero-order valence-electron chi connectivity index (χ0n) is 15.0. The molecule has 0 aliphatic heterocycles. The van der Waals surface area contributed by atoms with Gasteiger partial charge in [0.1, 0.15) is 5.75 Å². The van der Waals surface area contributed by atoms with Crippen LogP contribution in [0.15, 0.2) is 41.4 Å². The lowest BCUT2D eigenvalue weighted by atomic mass is 10.1. The van der Waals surface area contributed by atoms with Gasteiger partial charge < -0.3 is 14.6 Å². The predicted molar refractivity (Wildman–Crippen MR) is 99.6 cm³/mol. The summed E-state index contributed by atoms with van der Waals surface area (Å²) in [5.41, 5.74) is 1.09. The first-order chi connectivity index (χ1) is 12.5. The molecular weight excluding hydrogens is 336 g/mol. The molecule has 1 N–H and O–H groups in total. The Labute approximate surface area is 152 Å². The first-order valence-corrected chi connectivity index (χ1v) is 8.36. The maximum absolute atomic E-state index is 10.9. The molecule has 0 aliphatic carbocycles. The van der Waals surface area contributed by atoms with Gasteiger partial charge in [-0.3, -0.25) is 15.1 Å². The number of hydrogen-bond acceptors (Lipinski definition) is 6.